The Kier molecular flexibility index (Phi) is 3.81. The monoisotopic (exact) mass is 315 g/mol. The Bertz CT molecular complexity index is 763. The van der Waals surface area contributed by atoms with Crippen LogP contribution in [0.1, 0.15) is 23.7 Å². The van der Waals surface area contributed by atoms with Gasteiger partial charge in [0.2, 0.25) is 0 Å². The number of amides is 1. The van der Waals surface area contributed by atoms with Gasteiger partial charge in [0.1, 0.15) is 5.03 Å². The molecule has 1 aliphatic rings. The SMILES string of the molecule is CCCN1C(=O)c2cccnc2Sc2cc([N+](=O)[O-])ccc21. The molecular weight excluding hydrogens is 302 g/mol. The quantitative estimate of drug-likeness (QED) is 0.640. The zero-order valence-electron chi connectivity index (χ0n) is 11.9. The van der Waals surface area contributed by atoms with Crippen molar-refractivity contribution in [2.45, 2.75) is 23.3 Å². The van der Waals surface area contributed by atoms with Crippen LogP contribution in [0, 0.1) is 10.1 Å². The highest BCUT2D eigenvalue weighted by molar-refractivity contribution is 7.99. The fraction of sp³-hybridized carbons (Fsp3) is 0.200. The zero-order chi connectivity index (χ0) is 15.7. The third kappa shape index (κ3) is 2.43. The molecule has 2 heterocycles. The lowest BCUT2D eigenvalue weighted by Crippen LogP contribution is -2.31. The summed E-state index contributed by atoms with van der Waals surface area (Å²) in [4.78, 5) is 29.9. The molecule has 112 valence electrons. The number of carbonyl (C=O) groups is 1. The van der Waals surface area contributed by atoms with E-state index in [1.54, 1.807) is 29.3 Å². The Morgan fingerprint density at radius 2 is 2.18 bits per heavy atom. The lowest BCUT2D eigenvalue weighted by atomic mass is 10.2. The average Bonchev–Trinajstić information content (AvgIpc) is 2.63. The van der Waals surface area contributed by atoms with Crippen LogP contribution in [-0.4, -0.2) is 22.4 Å². The number of carbonyl (C=O) groups excluding carboxylic acids is 1. The van der Waals surface area contributed by atoms with Gasteiger partial charge in [-0.25, -0.2) is 4.98 Å². The number of nitro groups is 1. The van der Waals surface area contributed by atoms with Crippen molar-refractivity contribution in [2.75, 3.05) is 11.4 Å². The maximum Gasteiger partial charge on any atom is 0.270 e. The second-order valence-electron chi connectivity index (χ2n) is 4.82. The van der Waals surface area contributed by atoms with E-state index in [0.717, 1.165) is 6.42 Å². The Morgan fingerprint density at radius 1 is 1.36 bits per heavy atom. The van der Waals surface area contributed by atoms with Crippen LogP contribution in [-0.2, 0) is 0 Å². The lowest BCUT2D eigenvalue weighted by Gasteiger charge is -2.22. The molecule has 0 aliphatic carbocycles. The molecule has 0 saturated heterocycles. The van der Waals surface area contributed by atoms with E-state index in [1.807, 2.05) is 6.92 Å². The van der Waals surface area contributed by atoms with E-state index in [0.29, 0.717) is 27.7 Å². The Morgan fingerprint density at radius 3 is 2.91 bits per heavy atom. The van der Waals surface area contributed by atoms with Gasteiger partial charge in [-0.3, -0.25) is 14.9 Å². The molecule has 6 nitrogen and oxygen atoms in total. The number of anilines is 1. The van der Waals surface area contributed by atoms with Crippen molar-refractivity contribution in [1.29, 1.82) is 0 Å². The maximum absolute atomic E-state index is 12.7. The van der Waals surface area contributed by atoms with E-state index in [9.17, 15) is 14.9 Å². The van der Waals surface area contributed by atoms with Gasteiger partial charge in [-0.15, -0.1) is 0 Å². The molecule has 1 aromatic heterocycles. The van der Waals surface area contributed by atoms with Crippen molar-refractivity contribution in [2.24, 2.45) is 0 Å². The molecule has 3 rings (SSSR count). The average molecular weight is 315 g/mol. The van der Waals surface area contributed by atoms with Gasteiger partial charge in [0, 0.05) is 29.8 Å². The molecule has 0 unspecified atom stereocenters. The minimum atomic E-state index is -0.433. The maximum atomic E-state index is 12.7. The summed E-state index contributed by atoms with van der Waals surface area (Å²) in [7, 11) is 0. The van der Waals surface area contributed by atoms with Crippen molar-refractivity contribution in [1.82, 2.24) is 4.98 Å². The fourth-order valence-corrected chi connectivity index (χ4v) is 3.41. The molecule has 22 heavy (non-hydrogen) atoms. The largest absolute Gasteiger partial charge is 0.307 e. The summed E-state index contributed by atoms with van der Waals surface area (Å²) in [5, 5.41) is 11.6. The first-order chi connectivity index (χ1) is 10.6. The van der Waals surface area contributed by atoms with Crippen molar-refractivity contribution in [3.05, 3.63) is 52.2 Å². The van der Waals surface area contributed by atoms with Crippen LogP contribution in [0.25, 0.3) is 0 Å². The smallest absolute Gasteiger partial charge is 0.270 e. The van der Waals surface area contributed by atoms with E-state index in [4.69, 9.17) is 0 Å². The normalized spacial score (nSPS) is 13.3. The van der Waals surface area contributed by atoms with E-state index in [2.05, 4.69) is 4.98 Å². The van der Waals surface area contributed by atoms with Crippen molar-refractivity contribution < 1.29 is 9.72 Å². The minimum Gasteiger partial charge on any atom is -0.307 e. The zero-order valence-corrected chi connectivity index (χ0v) is 12.7. The number of aromatic nitrogens is 1. The van der Waals surface area contributed by atoms with Crippen LogP contribution in [0.4, 0.5) is 11.4 Å². The first kappa shape index (κ1) is 14.5. The third-order valence-corrected chi connectivity index (χ3v) is 4.41. The summed E-state index contributed by atoms with van der Waals surface area (Å²) in [5.74, 6) is -0.120. The summed E-state index contributed by atoms with van der Waals surface area (Å²) in [6, 6.07) is 8.03. The molecule has 1 aliphatic heterocycles. The van der Waals surface area contributed by atoms with Crippen molar-refractivity contribution >= 4 is 29.0 Å². The highest BCUT2D eigenvalue weighted by atomic mass is 32.2. The van der Waals surface area contributed by atoms with E-state index < -0.39 is 4.92 Å². The van der Waals surface area contributed by atoms with Crippen molar-refractivity contribution in [3.63, 3.8) is 0 Å². The molecule has 0 fully saturated rings. The molecule has 1 amide bonds. The molecule has 0 N–H and O–H groups in total. The van der Waals surface area contributed by atoms with Gasteiger partial charge in [-0.1, -0.05) is 18.7 Å². The van der Waals surface area contributed by atoms with Crippen molar-refractivity contribution in [3.8, 4) is 0 Å². The number of hydrogen-bond acceptors (Lipinski definition) is 5. The molecule has 0 spiro atoms. The highest BCUT2D eigenvalue weighted by Crippen LogP contribution is 2.41. The molecule has 7 heteroatoms. The number of fused-ring (bicyclic) bond motifs is 2. The van der Waals surface area contributed by atoms with Crippen LogP contribution >= 0.6 is 11.8 Å². The molecular formula is C15H13N3O3S. The molecule has 0 radical (unpaired) electrons. The summed E-state index contributed by atoms with van der Waals surface area (Å²) in [5.41, 5.74) is 1.23. The van der Waals surface area contributed by atoms with Gasteiger partial charge < -0.3 is 4.90 Å². The fourth-order valence-electron chi connectivity index (χ4n) is 2.36. The van der Waals surface area contributed by atoms with Crippen LogP contribution in [0.2, 0.25) is 0 Å². The van der Waals surface area contributed by atoms with Gasteiger partial charge >= 0.3 is 0 Å². The molecule has 0 saturated carbocycles. The van der Waals surface area contributed by atoms with Gasteiger partial charge in [0.05, 0.1) is 16.2 Å². The Hall–Kier alpha value is -2.41. The number of hydrogen-bond donors (Lipinski definition) is 0. The van der Waals surface area contributed by atoms with E-state index >= 15 is 0 Å². The second kappa shape index (κ2) is 5.76. The predicted molar refractivity (Wildman–Crippen MR) is 83.4 cm³/mol. The third-order valence-electron chi connectivity index (χ3n) is 3.35. The molecule has 1 aromatic carbocycles. The number of benzene rings is 1. The van der Waals surface area contributed by atoms with Gasteiger partial charge in [-0.2, -0.15) is 0 Å². The second-order valence-corrected chi connectivity index (χ2v) is 5.85. The number of nitrogens with zero attached hydrogens (tertiary/aromatic N) is 3. The number of non-ortho nitro benzene ring substituents is 1. The highest BCUT2D eigenvalue weighted by Gasteiger charge is 2.28. The van der Waals surface area contributed by atoms with Crippen LogP contribution in [0.15, 0.2) is 46.5 Å². The van der Waals surface area contributed by atoms with Gasteiger partial charge in [0.25, 0.3) is 11.6 Å². The summed E-state index contributed by atoms with van der Waals surface area (Å²) in [6.45, 7) is 2.54. The topological polar surface area (TPSA) is 76.3 Å². The van der Waals surface area contributed by atoms with Crippen LogP contribution in [0.5, 0.6) is 0 Å². The minimum absolute atomic E-state index is 0.00882. The van der Waals surface area contributed by atoms with E-state index in [1.165, 1.54) is 23.9 Å². The number of pyridine rings is 1. The number of nitro benzene ring substituents is 1. The summed E-state index contributed by atoms with van der Waals surface area (Å²) >= 11 is 1.29. The molecule has 2 aromatic rings. The molecule has 0 bridgehead atoms. The summed E-state index contributed by atoms with van der Waals surface area (Å²) in [6.07, 6.45) is 2.41. The Balaban J connectivity index is 2.19. The van der Waals surface area contributed by atoms with Gasteiger partial charge in [-0.05, 0) is 24.6 Å². The number of rotatable bonds is 3. The standard InChI is InChI=1S/C15H13N3O3S/c1-2-8-17-12-6-5-10(18(20)21)9-13(12)22-14-11(15(17)19)4-3-7-16-14/h3-7,9H,2,8H2,1H3. The summed E-state index contributed by atoms with van der Waals surface area (Å²) < 4.78 is 0. The predicted octanol–water partition coefficient (Wildman–Crippen LogP) is 3.51. The first-order valence-electron chi connectivity index (χ1n) is 6.85. The van der Waals surface area contributed by atoms with Gasteiger partial charge in [0.15, 0.2) is 0 Å². The van der Waals surface area contributed by atoms with E-state index in [-0.39, 0.29) is 11.6 Å². The molecule has 0 atom stereocenters. The van der Waals surface area contributed by atoms with Crippen LogP contribution < -0.4 is 4.90 Å². The lowest BCUT2D eigenvalue weighted by molar-refractivity contribution is -0.385. The Labute approximate surface area is 131 Å². The first-order valence-corrected chi connectivity index (χ1v) is 7.66. The van der Waals surface area contributed by atoms with Crippen LogP contribution in [0.3, 0.4) is 0 Å².